The molecule has 0 radical (unpaired) electrons. The second-order valence-electron chi connectivity index (χ2n) is 13.5. The van der Waals surface area contributed by atoms with Gasteiger partial charge in [-0.1, -0.05) is 123 Å². The highest BCUT2D eigenvalue weighted by molar-refractivity contribution is 6.16. The summed E-state index contributed by atoms with van der Waals surface area (Å²) in [5, 5.41) is 16.0. The standard InChI is InChI=1S/C45H31N3/c1-45(2)39-17-9-8-15-34(39)44-33(16-10-18-40(44)45)32-20-22-42(38-27-47-46-26-37(32)38)48-41-21-19-31(28-11-4-3-5-12-28)24-35(41)36-23-29-13-6-7-14-30(29)25-43(36)48/h3-27H,1-2H3. The van der Waals surface area contributed by atoms with Crippen molar-refractivity contribution in [3.63, 3.8) is 0 Å². The molecule has 0 spiro atoms. The lowest BCUT2D eigenvalue weighted by Crippen LogP contribution is -2.14. The molecular formula is C45H31N3. The van der Waals surface area contributed by atoms with Crippen LogP contribution in [0.4, 0.5) is 0 Å². The third-order valence-corrected chi connectivity index (χ3v) is 10.6. The normalized spacial score (nSPS) is 13.4. The van der Waals surface area contributed by atoms with Crippen molar-refractivity contribution < 1.29 is 0 Å². The minimum Gasteiger partial charge on any atom is -0.309 e. The van der Waals surface area contributed by atoms with Crippen LogP contribution in [0.3, 0.4) is 0 Å². The molecule has 0 unspecified atom stereocenters. The smallest absolute Gasteiger partial charge is 0.0596 e. The van der Waals surface area contributed by atoms with E-state index in [1.165, 1.54) is 77.1 Å². The van der Waals surface area contributed by atoms with Gasteiger partial charge in [-0.15, -0.1) is 0 Å². The largest absolute Gasteiger partial charge is 0.309 e. The first-order chi connectivity index (χ1) is 23.6. The maximum absolute atomic E-state index is 4.45. The Bertz CT molecular complexity index is 2750. The summed E-state index contributed by atoms with van der Waals surface area (Å²) in [6.07, 6.45) is 3.88. The first-order valence-corrected chi connectivity index (χ1v) is 16.6. The summed E-state index contributed by atoms with van der Waals surface area (Å²) in [7, 11) is 0. The number of hydrogen-bond acceptors (Lipinski definition) is 2. The maximum atomic E-state index is 4.45. The maximum Gasteiger partial charge on any atom is 0.0596 e. The van der Waals surface area contributed by atoms with E-state index in [0.29, 0.717) is 0 Å². The molecule has 0 atom stereocenters. The third kappa shape index (κ3) is 3.76. The Balaban J connectivity index is 1.26. The van der Waals surface area contributed by atoms with Crippen LogP contribution >= 0.6 is 0 Å². The molecule has 0 saturated heterocycles. The number of benzene rings is 7. The van der Waals surface area contributed by atoms with Gasteiger partial charge in [0.2, 0.25) is 0 Å². The zero-order chi connectivity index (χ0) is 32.0. The van der Waals surface area contributed by atoms with E-state index in [0.717, 1.165) is 16.5 Å². The quantitative estimate of drug-likeness (QED) is 0.198. The topological polar surface area (TPSA) is 30.7 Å². The summed E-state index contributed by atoms with van der Waals surface area (Å²) in [5.41, 5.74) is 13.6. The number of rotatable bonds is 3. The molecule has 0 bridgehead atoms. The van der Waals surface area contributed by atoms with Gasteiger partial charge in [-0.2, -0.15) is 10.2 Å². The van der Waals surface area contributed by atoms with Gasteiger partial charge in [0.25, 0.3) is 0 Å². The van der Waals surface area contributed by atoms with Gasteiger partial charge in [0, 0.05) is 27.0 Å². The van der Waals surface area contributed by atoms with Crippen LogP contribution in [-0.2, 0) is 5.41 Å². The molecule has 0 fully saturated rings. The summed E-state index contributed by atoms with van der Waals surface area (Å²) in [6.45, 7) is 4.67. The average molecular weight is 614 g/mol. The van der Waals surface area contributed by atoms with Crippen molar-refractivity contribution in [3.05, 3.63) is 163 Å². The van der Waals surface area contributed by atoms with Crippen molar-refractivity contribution in [2.75, 3.05) is 0 Å². The summed E-state index contributed by atoms with van der Waals surface area (Å²) >= 11 is 0. The van der Waals surface area contributed by atoms with Gasteiger partial charge in [0.15, 0.2) is 0 Å². The van der Waals surface area contributed by atoms with Crippen molar-refractivity contribution in [2.45, 2.75) is 19.3 Å². The van der Waals surface area contributed by atoms with Crippen LogP contribution in [0, 0.1) is 0 Å². The molecule has 1 aliphatic carbocycles. The molecule has 2 heterocycles. The molecule has 3 nitrogen and oxygen atoms in total. The highest BCUT2D eigenvalue weighted by atomic mass is 15.1. The lowest BCUT2D eigenvalue weighted by atomic mass is 9.82. The van der Waals surface area contributed by atoms with Gasteiger partial charge in [-0.3, -0.25) is 0 Å². The minimum absolute atomic E-state index is 0.0676. The highest BCUT2D eigenvalue weighted by Gasteiger charge is 2.36. The molecular weight excluding hydrogens is 583 g/mol. The molecule has 0 aliphatic heterocycles. The van der Waals surface area contributed by atoms with Crippen molar-refractivity contribution in [1.82, 2.24) is 14.8 Å². The predicted octanol–water partition coefficient (Wildman–Crippen LogP) is 11.5. The van der Waals surface area contributed by atoms with Crippen LogP contribution in [0.25, 0.3) is 82.4 Å². The van der Waals surface area contributed by atoms with Crippen molar-refractivity contribution in [2.24, 2.45) is 0 Å². The van der Waals surface area contributed by atoms with Crippen LogP contribution < -0.4 is 0 Å². The van der Waals surface area contributed by atoms with Gasteiger partial charge in [0.1, 0.15) is 0 Å². The molecule has 0 amide bonds. The number of aromatic nitrogens is 3. The van der Waals surface area contributed by atoms with Gasteiger partial charge >= 0.3 is 0 Å². The Kier molecular flexibility index (Phi) is 5.63. The minimum atomic E-state index is -0.0676. The fourth-order valence-electron chi connectivity index (χ4n) is 8.27. The van der Waals surface area contributed by atoms with Crippen molar-refractivity contribution >= 4 is 43.4 Å². The van der Waals surface area contributed by atoms with E-state index in [-0.39, 0.29) is 5.41 Å². The Morgan fingerprint density at radius 2 is 1.15 bits per heavy atom. The predicted molar refractivity (Wildman–Crippen MR) is 200 cm³/mol. The molecule has 9 aromatic rings. The second kappa shape index (κ2) is 9.97. The van der Waals surface area contributed by atoms with Gasteiger partial charge < -0.3 is 4.57 Å². The molecule has 48 heavy (non-hydrogen) atoms. The lowest BCUT2D eigenvalue weighted by molar-refractivity contribution is 0.660. The first kappa shape index (κ1) is 27.1. The van der Waals surface area contributed by atoms with E-state index < -0.39 is 0 Å². The van der Waals surface area contributed by atoms with E-state index >= 15 is 0 Å². The molecule has 10 rings (SSSR count). The second-order valence-corrected chi connectivity index (χ2v) is 13.5. The van der Waals surface area contributed by atoms with Crippen LogP contribution in [0.2, 0.25) is 0 Å². The van der Waals surface area contributed by atoms with E-state index in [2.05, 4.69) is 168 Å². The molecule has 2 aromatic heterocycles. The zero-order valence-corrected chi connectivity index (χ0v) is 26.8. The molecule has 226 valence electrons. The molecule has 0 saturated carbocycles. The fraction of sp³-hybridized carbons (Fsp3) is 0.0667. The Labute approximate surface area is 278 Å². The van der Waals surface area contributed by atoms with Gasteiger partial charge in [-0.25, -0.2) is 0 Å². The molecule has 7 aromatic carbocycles. The SMILES string of the molecule is CC1(C)c2ccccc2-c2c(-c3ccc(-n4c5ccc(-c6ccccc6)cc5c5cc6ccccc6cc54)c4cnncc34)cccc21. The fourth-order valence-corrected chi connectivity index (χ4v) is 8.27. The van der Waals surface area contributed by atoms with Crippen molar-refractivity contribution in [3.8, 4) is 39.1 Å². The Morgan fingerprint density at radius 1 is 0.458 bits per heavy atom. The van der Waals surface area contributed by atoms with Crippen LogP contribution in [0.15, 0.2) is 152 Å². The first-order valence-electron chi connectivity index (χ1n) is 16.6. The molecule has 1 aliphatic rings. The highest BCUT2D eigenvalue weighted by Crippen LogP contribution is 2.53. The van der Waals surface area contributed by atoms with E-state index in [1.807, 2.05) is 12.4 Å². The van der Waals surface area contributed by atoms with Crippen LogP contribution in [-0.4, -0.2) is 14.8 Å². The molecule has 0 N–H and O–H groups in total. The lowest BCUT2D eigenvalue weighted by Gasteiger charge is -2.22. The van der Waals surface area contributed by atoms with Crippen molar-refractivity contribution in [1.29, 1.82) is 0 Å². The number of fused-ring (bicyclic) bond motifs is 8. The third-order valence-electron chi connectivity index (χ3n) is 10.6. The monoisotopic (exact) mass is 613 g/mol. The number of hydrogen-bond donors (Lipinski definition) is 0. The molecule has 3 heteroatoms. The summed E-state index contributed by atoms with van der Waals surface area (Å²) < 4.78 is 2.42. The summed E-state index contributed by atoms with van der Waals surface area (Å²) in [6, 6.07) is 51.0. The Morgan fingerprint density at radius 3 is 2.00 bits per heavy atom. The van der Waals surface area contributed by atoms with E-state index in [1.54, 1.807) is 0 Å². The average Bonchev–Trinajstić information content (AvgIpc) is 3.58. The van der Waals surface area contributed by atoms with E-state index in [9.17, 15) is 0 Å². The summed E-state index contributed by atoms with van der Waals surface area (Å²) in [4.78, 5) is 0. The zero-order valence-electron chi connectivity index (χ0n) is 26.8. The van der Waals surface area contributed by atoms with Crippen LogP contribution in [0.5, 0.6) is 0 Å². The summed E-state index contributed by atoms with van der Waals surface area (Å²) in [5.74, 6) is 0. The van der Waals surface area contributed by atoms with Crippen LogP contribution in [0.1, 0.15) is 25.0 Å². The van der Waals surface area contributed by atoms with Gasteiger partial charge in [-0.05, 0) is 85.6 Å². The number of nitrogens with zero attached hydrogens (tertiary/aromatic N) is 3. The van der Waals surface area contributed by atoms with E-state index in [4.69, 9.17) is 0 Å². The van der Waals surface area contributed by atoms with Gasteiger partial charge in [0.05, 0.1) is 29.1 Å². The Hall–Kier alpha value is -6.06.